The second kappa shape index (κ2) is 4.56. The van der Waals surface area contributed by atoms with Gasteiger partial charge in [-0.3, -0.25) is 19.6 Å². The molecule has 1 aromatic heterocycles. The molecular formula is C11H9N3O3. The zero-order valence-corrected chi connectivity index (χ0v) is 8.81. The van der Waals surface area contributed by atoms with Gasteiger partial charge in [-0.2, -0.15) is 5.10 Å². The van der Waals surface area contributed by atoms with Crippen LogP contribution in [0, 0.1) is 10.1 Å². The molecule has 0 fully saturated rings. The molecular weight excluding hydrogens is 222 g/mol. The van der Waals surface area contributed by atoms with Crippen LogP contribution < -0.4 is 0 Å². The lowest BCUT2D eigenvalue weighted by molar-refractivity contribution is -0.385. The number of benzene rings is 1. The molecule has 0 N–H and O–H groups in total. The van der Waals surface area contributed by atoms with E-state index in [0.717, 1.165) is 6.20 Å². The van der Waals surface area contributed by atoms with E-state index in [0.29, 0.717) is 5.56 Å². The zero-order valence-electron chi connectivity index (χ0n) is 8.81. The second-order valence-electron chi connectivity index (χ2n) is 3.44. The van der Waals surface area contributed by atoms with Gasteiger partial charge in [0.15, 0.2) is 5.78 Å². The summed E-state index contributed by atoms with van der Waals surface area (Å²) in [5.74, 6) is -0.136. The highest BCUT2D eigenvalue weighted by atomic mass is 16.6. The largest absolute Gasteiger partial charge is 0.307 e. The molecule has 0 bridgehead atoms. The molecule has 0 aliphatic heterocycles. The fraction of sp³-hybridized carbons (Fsp3) is 0.0909. The first-order valence-electron chi connectivity index (χ1n) is 4.92. The highest BCUT2D eigenvalue weighted by molar-refractivity contribution is 5.95. The Hall–Kier alpha value is -2.50. The number of hydrogen-bond donors (Lipinski definition) is 0. The Morgan fingerprint density at radius 2 is 2.06 bits per heavy atom. The molecule has 0 spiro atoms. The quantitative estimate of drug-likeness (QED) is 0.455. The first-order valence-corrected chi connectivity index (χ1v) is 4.92. The van der Waals surface area contributed by atoms with E-state index in [-0.39, 0.29) is 18.0 Å². The molecule has 0 saturated heterocycles. The average Bonchev–Trinajstić information content (AvgIpc) is 2.79. The lowest BCUT2D eigenvalue weighted by atomic mass is 10.1. The Balaban J connectivity index is 2.11. The molecule has 17 heavy (non-hydrogen) atoms. The summed E-state index contributed by atoms with van der Waals surface area (Å²) in [7, 11) is 0. The minimum Gasteiger partial charge on any atom is -0.292 e. The highest BCUT2D eigenvalue weighted by Gasteiger charge is 2.11. The van der Waals surface area contributed by atoms with Gasteiger partial charge in [-0.15, -0.1) is 0 Å². The minimum atomic E-state index is -0.545. The first kappa shape index (κ1) is 11.0. The monoisotopic (exact) mass is 231 g/mol. The summed E-state index contributed by atoms with van der Waals surface area (Å²) in [5, 5.41) is 14.2. The van der Waals surface area contributed by atoms with Crippen LogP contribution in [0.25, 0.3) is 0 Å². The van der Waals surface area contributed by atoms with Crippen molar-refractivity contribution < 1.29 is 9.72 Å². The molecule has 0 aliphatic rings. The lowest BCUT2D eigenvalue weighted by Gasteiger charge is -2.00. The third-order valence-electron chi connectivity index (χ3n) is 2.23. The van der Waals surface area contributed by atoms with E-state index in [9.17, 15) is 14.9 Å². The van der Waals surface area contributed by atoms with Crippen LogP contribution in [0.5, 0.6) is 0 Å². The third kappa shape index (κ3) is 2.54. The molecule has 6 nitrogen and oxygen atoms in total. The van der Waals surface area contributed by atoms with Crippen molar-refractivity contribution in [2.24, 2.45) is 0 Å². The summed E-state index contributed by atoms with van der Waals surface area (Å²) < 4.78 is 1.26. The Kier molecular flexibility index (Phi) is 2.95. The molecule has 0 amide bonds. The smallest absolute Gasteiger partial charge is 0.292 e. The molecule has 0 radical (unpaired) electrons. The van der Waals surface area contributed by atoms with Crippen LogP contribution in [-0.4, -0.2) is 20.5 Å². The molecule has 2 rings (SSSR count). The van der Waals surface area contributed by atoms with Gasteiger partial charge in [0, 0.05) is 5.56 Å². The summed E-state index contributed by atoms with van der Waals surface area (Å²) in [6.45, 7) is -0.00213. The van der Waals surface area contributed by atoms with Crippen molar-refractivity contribution in [3.8, 4) is 0 Å². The van der Waals surface area contributed by atoms with Gasteiger partial charge in [-0.25, -0.2) is 0 Å². The van der Waals surface area contributed by atoms with Gasteiger partial charge in [0.2, 0.25) is 0 Å². The number of carbonyl (C=O) groups is 1. The van der Waals surface area contributed by atoms with Crippen LogP contribution in [0.3, 0.4) is 0 Å². The molecule has 1 aromatic carbocycles. The Bertz CT molecular complexity index is 548. The van der Waals surface area contributed by atoms with Crippen molar-refractivity contribution >= 4 is 11.5 Å². The number of ketones is 1. The minimum absolute atomic E-state index is 0.00213. The number of rotatable bonds is 4. The standard InChI is InChI=1S/C11H9N3O3/c15-11(9-4-2-1-3-5-9)8-13-7-10(6-12-13)14(16)17/h1-7H,8H2. The van der Waals surface area contributed by atoms with Crippen LogP contribution in [0.2, 0.25) is 0 Å². The van der Waals surface area contributed by atoms with E-state index >= 15 is 0 Å². The summed E-state index contributed by atoms with van der Waals surface area (Å²) in [6, 6.07) is 8.73. The summed E-state index contributed by atoms with van der Waals surface area (Å²) in [6.07, 6.45) is 2.36. The highest BCUT2D eigenvalue weighted by Crippen LogP contribution is 2.09. The Morgan fingerprint density at radius 3 is 2.65 bits per heavy atom. The van der Waals surface area contributed by atoms with E-state index in [1.165, 1.54) is 10.9 Å². The third-order valence-corrected chi connectivity index (χ3v) is 2.23. The van der Waals surface area contributed by atoms with Gasteiger partial charge in [-0.1, -0.05) is 30.3 Å². The van der Waals surface area contributed by atoms with Gasteiger partial charge in [0.1, 0.15) is 18.9 Å². The van der Waals surface area contributed by atoms with Crippen LogP contribution in [0.1, 0.15) is 10.4 Å². The maximum atomic E-state index is 11.8. The van der Waals surface area contributed by atoms with Gasteiger partial charge in [-0.05, 0) is 0 Å². The van der Waals surface area contributed by atoms with Crippen molar-refractivity contribution in [1.29, 1.82) is 0 Å². The van der Waals surface area contributed by atoms with Gasteiger partial charge in [0.25, 0.3) is 0 Å². The predicted octanol–water partition coefficient (Wildman–Crippen LogP) is 1.67. The maximum Gasteiger partial charge on any atom is 0.307 e. The summed E-state index contributed by atoms with van der Waals surface area (Å²) in [5.41, 5.74) is 0.441. The fourth-order valence-electron chi connectivity index (χ4n) is 1.40. The summed E-state index contributed by atoms with van der Waals surface area (Å²) in [4.78, 5) is 21.7. The summed E-state index contributed by atoms with van der Waals surface area (Å²) >= 11 is 0. The molecule has 86 valence electrons. The van der Waals surface area contributed by atoms with E-state index in [1.807, 2.05) is 6.07 Å². The number of nitro groups is 1. The molecule has 1 heterocycles. The van der Waals surface area contributed by atoms with Crippen LogP contribution in [-0.2, 0) is 6.54 Å². The Labute approximate surface area is 96.6 Å². The number of Topliss-reactive ketones (excluding diaryl/α,β-unsaturated/α-hetero) is 1. The molecule has 2 aromatic rings. The van der Waals surface area contributed by atoms with Crippen molar-refractivity contribution in [3.63, 3.8) is 0 Å². The maximum absolute atomic E-state index is 11.8. The van der Waals surface area contributed by atoms with Crippen molar-refractivity contribution in [3.05, 3.63) is 58.4 Å². The van der Waals surface area contributed by atoms with Crippen LogP contribution in [0.4, 0.5) is 5.69 Å². The molecule has 0 unspecified atom stereocenters. The van der Waals surface area contributed by atoms with E-state index in [4.69, 9.17) is 0 Å². The Morgan fingerprint density at radius 1 is 1.35 bits per heavy atom. The molecule has 0 saturated carbocycles. The first-order chi connectivity index (χ1) is 8.16. The SMILES string of the molecule is O=C(Cn1cc([N+](=O)[O-])cn1)c1ccccc1. The van der Waals surface area contributed by atoms with Crippen molar-refractivity contribution in [1.82, 2.24) is 9.78 Å². The average molecular weight is 231 g/mol. The van der Waals surface area contributed by atoms with E-state index in [1.54, 1.807) is 24.3 Å². The number of hydrogen-bond acceptors (Lipinski definition) is 4. The lowest BCUT2D eigenvalue weighted by Crippen LogP contribution is -2.10. The zero-order chi connectivity index (χ0) is 12.3. The van der Waals surface area contributed by atoms with Crippen molar-refractivity contribution in [2.75, 3.05) is 0 Å². The van der Waals surface area contributed by atoms with Crippen molar-refractivity contribution in [2.45, 2.75) is 6.54 Å². The van der Waals surface area contributed by atoms with E-state index in [2.05, 4.69) is 5.10 Å². The molecule has 0 aliphatic carbocycles. The second-order valence-corrected chi connectivity index (χ2v) is 3.44. The predicted molar refractivity (Wildman–Crippen MR) is 59.7 cm³/mol. The van der Waals surface area contributed by atoms with Gasteiger partial charge in [0.05, 0.1) is 4.92 Å². The van der Waals surface area contributed by atoms with Crippen LogP contribution in [0.15, 0.2) is 42.7 Å². The van der Waals surface area contributed by atoms with Crippen LogP contribution >= 0.6 is 0 Å². The van der Waals surface area contributed by atoms with Gasteiger partial charge >= 0.3 is 5.69 Å². The fourth-order valence-corrected chi connectivity index (χ4v) is 1.40. The van der Waals surface area contributed by atoms with Gasteiger partial charge < -0.3 is 0 Å². The molecule has 6 heteroatoms. The number of aromatic nitrogens is 2. The molecule has 0 atom stereocenters. The number of carbonyl (C=O) groups excluding carboxylic acids is 1. The normalized spacial score (nSPS) is 10.1. The topological polar surface area (TPSA) is 78.0 Å². The number of nitrogens with zero attached hydrogens (tertiary/aromatic N) is 3. The van der Waals surface area contributed by atoms with E-state index < -0.39 is 4.92 Å².